The Morgan fingerprint density at radius 2 is 2.22 bits per heavy atom. The first kappa shape index (κ1) is 14.3. The summed E-state index contributed by atoms with van der Waals surface area (Å²) in [5, 5.41) is 17.6. The van der Waals surface area contributed by atoms with E-state index in [-0.39, 0.29) is 6.42 Å². The van der Waals surface area contributed by atoms with Gasteiger partial charge in [-0.25, -0.2) is 0 Å². The summed E-state index contributed by atoms with van der Waals surface area (Å²) in [6.07, 6.45) is 0.130. The molecule has 0 amide bonds. The average molecular weight is 253 g/mol. The topological polar surface area (TPSA) is 102 Å². The smallest absolute Gasteiger partial charge is 0.504 e. The van der Waals surface area contributed by atoms with E-state index in [4.69, 9.17) is 25.3 Å². The number of rotatable bonds is 6. The summed E-state index contributed by atoms with van der Waals surface area (Å²) in [5.74, 6) is -0.175. The lowest BCUT2D eigenvalue weighted by Gasteiger charge is -2.20. The van der Waals surface area contributed by atoms with Gasteiger partial charge < -0.3 is 25.3 Å². The first-order valence-electron chi connectivity index (χ1n) is 5.33. The first-order valence-corrected chi connectivity index (χ1v) is 5.33. The minimum Gasteiger partial charge on any atom is -0.539 e. The van der Waals surface area contributed by atoms with Gasteiger partial charge in [-0.05, 0) is 18.6 Å². The Balaban J connectivity index is 2.99. The van der Waals surface area contributed by atoms with Crippen molar-refractivity contribution in [2.75, 3.05) is 7.11 Å². The van der Waals surface area contributed by atoms with Crippen LogP contribution in [0, 0.1) is 0 Å². The maximum atomic E-state index is 11.0. The van der Waals surface area contributed by atoms with Crippen LogP contribution >= 0.6 is 0 Å². The van der Waals surface area contributed by atoms with E-state index in [1.807, 2.05) is 0 Å². The van der Waals surface area contributed by atoms with Crippen molar-refractivity contribution in [1.29, 1.82) is 0 Å². The predicted molar refractivity (Wildman–Crippen MR) is 66.9 cm³/mol. The number of ether oxygens (including phenoxy) is 1. The minimum absolute atomic E-state index is 0.130. The number of nitrogens with two attached hydrogens (primary N) is 1. The molecular weight excluding hydrogens is 237 g/mol. The molecule has 0 aliphatic carbocycles. The van der Waals surface area contributed by atoms with Crippen LogP contribution < -0.4 is 15.1 Å². The van der Waals surface area contributed by atoms with Crippen molar-refractivity contribution in [2.45, 2.75) is 18.9 Å². The van der Waals surface area contributed by atoms with Gasteiger partial charge in [-0.15, -0.1) is 0 Å². The van der Waals surface area contributed by atoms with Gasteiger partial charge in [-0.3, -0.25) is 4.79 Å². The molecular formula is C11H16BNO5. The summed E-state index contributed by atoms with van der Waals surface area (Å²) >= 11 is 0. The molecule has 0 aliphatic rings. The van der Waals surface area contributed by atoms with Crippen molar-refractivity contribution in [3.63, 3.8) is 0 Å². The lowest BCUT2D eigenvalue weighted by molar-refractivity contribution is -0.142. The molecule has 7 heteroatoms. The monoisotopic (exact) mass is 253 g/mol. The zero-order valence-corrected chi connectivity index (χ0v) is 10.3. The van der Waals surface area contributed by atoms with Crippen molar-refractivity contribution in [2.24, 2.45) is 5.73 Å². The number of methoxy groups -OCH3 is 1. The normalized spacial score (nSPS) is 13.6. The van der Waals surface area contributed by atoms with E-state index >= 15 is 0 Å². The van der Waals surface area contributed by atoms with Crippen molar-refractivity contribution in [3.05, 3.63) is 23.8 Å². The fourth-order valence-corrected chi connectivity index (χ4v) is 1.51. The van der Waals surface area contributed by atoms with Crippen molar-refractivity contribution >= 4 is 13.7 Å². The molecule has 0 bridgehead atoms. The highest BCUT2D eigenvalue weighted by Crippen LogP contribution is 2.27. The predicted octanol–water partition coefficient (Wildman–Crippen LogP) is -0.323. The van der Waals surface area contributed by atoms with Gasteiger partial charge in [0.25, 0.3) is 0 Å². The lowest BCUT2D eigenvalue weighted by atomic mass is 9.93. The molecule has 1 aromatic carbocycles. The molecule has 0 unspecified atom stereocenters. The molecule has 98 valence electrons. The molecule has 0 aliphatic heterocycles. The van der Waals surface area contributed by atoms with Gasteiger partial charge in [0.2, 0.25) is 0 Å². The zero-order chi connectivity index (χ0) is 13.8. The van der Waals surface area contributed by atoms with E-state index < -0.39 is 19.2 Å². The summed E-state index contributed by atoms with van der Waals surface area (Å²) in [6.45, 7) is 1.44. The fraction of sp³-hybridized carbons (Fsp3) is 0.364. The molecule has 0 aromatic heterocycles. The Hall–Kier alpha value is -1.73. The van der Waals surface area contributed by atoms with Crippen molar-refractivity contribution < 1.29 is 24.3 Å². The molecule has 0 saturated heterocycles. The summed E-state index contributed by atoms with van der Waals surface area (Å²) in [7, 11) is 1.03. The van der Waals surface area contributed by atoms with Crippen LogP contribution in [0.1, 0.15) is 12.5 Å². The van der Waals surface area contributed by atoms with E-state index in [1.165, 1.54) is 14.0 Å². The van der Waals surface area contributed by atoms with Gasteiger partial charge in [0.1, 0.15) is 17.0 Å². The van der Waals surface area contributed by atoms with Gasteiger partial charge in [0, 0.05) is 12.5 Å². The van der Waals surface area contributed by atoms with Gasteiger partial charge in [0.05, 0.1) is 7.11 Å². The molecule has 6 nitrogen and oxygen atoms in total. The number of carboxylic acid groups (broad SMARTS) is 1. The van der Waals surface area contributed by atoms with Crippen LogP contribution in [0.3, 0.4) is 0 Å². The van der Waals surface area contributed by atoms with Crippen LogP contribution in [0.2, 0.25) is 0 Å². The summed E-state index contributed by atoms with van der Waals surface area (Å²) in [4.78, 5) is 11.0. The highest BCUT2D eigenvalue weighted by Gasteiger charge is 2.29. The van der Waals surface area contributed by atoms with E-state index in [0.717, 1.165) is 0 Å². The maximum Gasteiger partial charge on any atom is 0.504 e. The Kier molecular flexibility index (Phi) is 4.58. The van der Waals surface area contributed by atoms with Crippen LogP contribution in [0.15, 0.2) is 18.2 Å². The molecule has 1 aromatic rings. The molecule has 0 saturated carbocycles. The Labute approximate surface area is 106 Å². The van der Waals surface area contributed by atoms with E-state index in [2.05, 4.69) is 0 Å². The quantitative estimate of drug-likeness (QED) is 0.600. The molecule has 18 heavy (non-hydrogen) atoms. The number of hydrogen-bond donors (Lipinski definition) is 3. The fourth-order valence-electron chi connectivity index (χ4n) is 1.51. The SMILES string of the molecule is COc1cc(OBO)ccc1C[C@@](C)(N)C(=O)O. The van der Waals surface area contributed by atoms with Gasteiger partial charge in [-0.2, -0.15) is 0 Å². The first-order chi connectivity index (χ1) is 8.40. The third-order valence-corrected chi connectivity index (χ3v) is 2.54. The highest BCUT2D eigenvalue weighted by atomic mass is 16.5. The Morgan fingerprint density at radius 1 is 1.56 bits per heavy atom. The number of aliphatic carboxylic acids is 1. The summed E-state index contributed by atoms with van der Waals surface area (Å²) in [5.41, 5.74) is 4.98. The number of hydrogen-bond acceptors (Lipinski definition) is 5. The van der Waals surface area contributed by atoms with Gasteiger partial charge in [-0.1, -0.05) is 6.07 Å². The second-order valence-electron chi connectivity index (χ2n) is 4.15. The van der Waals surface area contributed by atoms with Crippen molar-refractivity contribution in [3.8, 4) is 11.5 Å². The van der Waals surface area contributed by atoms with Crippen LogP contribution in [0.5, 0.6) is 11.5 Å². The molecule has 1 rings (SSSR count). The zero-order valence-electron chi connectivity index (χ0n) is 10.3. The number of benzene rings is 1. The molecule has 4 N–H and O–H groups in total. The molecule has 1 atom stereocenters. The van der Waals surface area contributed by atoms with Crippen molar-refractivity contribution in [1.82, 2.24) is 0 Å². The molecule has 0 spiro atoms. The molecule has 0 heterocycles. The second-order valence-corrected chi connectivity index (χ2v) is 4.15. The number of carboxylic acids is 1. The Bertz CT molecular complexity index is 435. The minimum atomic E-state index is -1.37. The average Bonchev–Trinajstić information content (AvgIpc) is 2.31. The summed E-state index contributed by atoms with van der Waals surface area (Å²) < 4.78 is 10.1. The molecule has 0 radical (unpaired) electrons. The largest absolute Gasteiger partial charge is 0.539 e. The highest BCUT2D eigenvalue weighted by molar-refractivity contribution is 6.17. The van der Waals surface area contributed by atoms with Gasteiger partial charge in [0.15, 0.2) is 0 Å². The van der Waals surface area contributed by atoms with Crippen LogP contribution in [-0.4, -0.2) is 36.4 Å². The third kappa shape index (κ3) is 3.38. The maximum absolute atomic E-state index is 11.0. The van der Waals surface area contributed by atoms with Crippen LogP contribution in [0.4, 0.5) is 0 Å². The third-order valence-electron chi connectivity index (χ3n) is 2.54. The Morgan fingerprint density at radius 3 is 2.72 bits per heavy atom. The lowest BCUT2D eigenvalue weighted by Crippen LogP contribution is -2.46. The standard InChI is InChI=1S/C11H16BNO5/c1-11(13,10(14)15)6-7-3-4-8(18-12-16)5-9(7)17-2/h3-5,12,16H,6,13H2,1-2H3,(H,14,15)/t11-/m1/s1. The van der Waals surface area contributed by atoms with Crippen LogP contribution in [0.25, 0.3) is 0 Å². The second kappa shape index (κ2) is 5.75. The van der Waals surface area contributed by atoms with E-state index in [1.54, 1.807) is 18.2 Å². The van der Waals surface area contributed by atoms with E-state index in [9.17, 15) is 4.79 Å². The summed E-state index contributed by atoms with van der Waals surface area (Å²) in [6, 6.07) is 4.85. The molecule has 0 fully saturated rings. The van der Waals surface area contributed by atoms with E-state index in [0.29, 0.717) is 17.1 Å². The van der Waals surface area contributed by atoms with Crippen LogP contribution in [-0.2, 0) is 11.2 Å². The van der Waals surface area contributed by atoms with Gasteiger partial charge >= 0.3 is 13.7 Å². The number of carbonyl (C=O) groups is 1.